The van der Waals surface area contributed by atoms with Gasteiger partial charge >= 0.3 is 0 Å². The summed E-state index contributed by atoms with van der Waals surface area (Å²) in [6.45, 7) is 3.22. The number of methoxy groups -OCH3 is 1. The molecule has 0 atom stereocenters. The standard InChI is InChI=1S/C31H30N2O2/c1-3-29-28-23-27(35-22-21-34-2)19-20-30(28)33(32-29)31(24-13-7-4-8-14-24,25-15-9-5-10-16-25)26-17-11-6-12-18-26/h4-20,23H,3,21-22H2,1-2H3. The summed E-state index contributed by atoms with van der Waals surface area (Å²) in [7, 11) is 1.68. The summed E-state index contributed by atoms with van der Waals surface area (Å²) < 4.78 is 13.3. The van der Waals surface area contributed by atoms with E-state index in [2.05, 4.69) is 115 Å². The van der Waals surface area contributed by atoms with Crippen molar-refractivity contribution < 1.29 is 9.47 Å². The molecule has 4 nitrogen and oxygen atoms in total. The Hall–Kier alpha value is -3.89. The first kappa shape index (κ1) is 22.9. The molecule has 0 saturated heterocycles. The molecule has 5 rings (SSSR count). The molecule has 1 heterocycles. The Labute approximate surface area is 206 Å². The average molecular weight is 463 g/mol. The molecule has 5 aromatic rings. The van der Waals surface area contributed by atoms with Gasteiger partial charge in [-0.25, -0.2) is 4.68 Å². The van der Waals surface area contributed by atoms with Gasteiger partial charge in [0.1, 0.15) is 17.9 Å². The SMILES string of the molecule is CCc1nn(C(c2ccccc2)(c2ccccc2)c2ccccc2)c2ccc(OCCOC)cc12. The number of benzene rings is 4. The first-order valence-electron chi connectivity index (χ1n) is 12.1. The highest BCUT2D eigenvalue weighted by atomic mass is 16.5. The summed E-state index contributed by atoms with van der Waals surface area (Å²) in [6.07, 6.45) is 0.819. The quantitative estimate of drug-likeness (QED) is 0.186. The molecule has 0 N–H and O–H groups in total. The molecular weight excluding hydrogens is 432 g/mol. The lowest BCUT2D eigenvalue weighted by atomic mass is 9.77. The van der Waals surface area contributed by atoms with Crippen molar-refractivity contribution in [3.8, 4) is 5.75 Å². The fourth-order valence-electron chi connectivity index (χ4n) is 4.91. The van der Waals surface area contributed by atoms with Crippen LogP contribution < -0.4 is 4.74 Å². The van der Waals surface area contributed by atoms with Gasteiger partial charge in [0.25, 0.3) is 0 Å². The maximum Gasteiger partial charge on any atom is 0.138 e. The van der Waals surface area contributed by atoms with Crippen molar-refractivity contribution in [2.75, 3.05) is 20.3 Å². The van der Waals surface area contributed by atoms with E-state index in [1.165, 1.54) is 0 Å². The molecule has 4 heteroatoms. The molecule has 1 aromatic heterocycles. The van der Waals surface area contributed by atoms with Crippen LogP contribution in [-0.2, 0) is 16.7 Å². The Kier molecular flexibility index (Phi) is 6.64. The Morgan fingerprint density at radius 3 is 1.74 bits per heavy atom. The molecule has 176 valence electrons. The normalized spacial score (nSPS) is 11.6. The van der Waals surface area contributed by atoms with Crippen molar-refractivity contribution in [1.29, 1.82) is 0 Å². The lowest BCUT2D eigenvalue weighted by Gasteiger charge is -2.37. The zero-order valence-electron chi connectivity index (χ0n) is 20.2. The van der Waals surface area contributed by atoms with Gasteiger partial charge in [-0.2, -0.15) is 5.10 Å². The van der Waals surface area contributed by atoms with Gasteiger partial charge in [-0.15, -0.1) is 0 Å². The Morgan fingerprint density at radius 1 is 0.714 bits per heavy atom. The first-order chi connectivity index (χ1) is 17.3. The van der Waals surface area contributed by atoms with Crippen LogP contribution in [0.15, 0.2) is 109 Å². The number of hydrogen-bond donors (Lipinski definition) is 0. The minimum atomic E-state index is -0.645. The van der Waals surface area contributed by atoms with Crippen LogP contribution in [0.3, 0.4) is 0 Å². The fourth-order valence-corrected chi connectivity index (χ4v) is 4.91. The maximum atomic E-state index is 5.94. The van der Waals surface area contributed by atoms with Gasteiger partial charge in [0.15, 0.2) is 0 Å². The summed E-state index contributed by atoms with van der Waals surface area (Å²) in [5.74, 6) is 0.827. The number of nitrogens with zero attached hydrogens (tertiary/aromatic N) is 2. The summed E-state index contributed by atoms with van der Waals surface area (Å²) in [4.78, 5) is 0. The van der Waals surface area contributed by atoms with E-state index in [1.807, 2.05) is 6.07 Å². The highest BCUT2D eigenvalue weighted by Gasteiger charge is 2.40. The van der Waals surface area contributed by atoms with E-state index in [9.17, 15) is 0 Å². The second-order valence-electron chi connectivity index (χ2n) is 8.54. The summed E-state index contributed by atoms with van der Waals surface area (Å²) in [6, 6.07) is 38.2. The number of ether oxygens (including phenoxy) is 2. The highest BCUT2D eigenvalue weighted by Crippen LogP contribution is 2.43. The largest absolute Gasteiger partial charge is 0.491 e. The van der Waals surface area contributed by atoms with Gasteiger partial charge in [-0.05, 0) is 41.3 Å². The average Bonchev–Trinajstić information content (AvgIpc) is 3.29. The van der Waals surface area contributed by atoms with Gasteiger partial charge in [-0.3, -0.25) is 0 Å². The minimum absolute atomic E-state index is 0.513. The van der Waals surface area contributed by atoms with E-state index in [0.29, 0.717) is 13.2 Å². The predicted molar refractivity (Wildman–Crippen MR) is 141 cm³/mol. The number of aromatic nitrogens is 2. The molecule has 0 aliphatic heterocycles. The van der Waals surface area contributed by atoms with E-state index in [1.54, 1.807) is 7.11 Å². The number of hydrogen-bond acceptors (Lipinski definition) is 3. The van der Waals surface area contributed by atoms with Crippen molar-refractivity contribution in [3.05, 3.63) is 132 Å². The third-order valence-corrected chi connectivity index (χ3v) is 6.51. The number of rotatable bonds is 9. The monoisotopic (exact) mass is 462 g/mol. The van der Waals surface area contributed by atoms with Crippen LogP contribution >= 0.6 is 0 Å². The third kappa shape index (κ3) is 4.11. The molecule has 0 unspecified atom stereocenters. The fraction of sp³-hybridized carbons (Fsp3) is 0.194. The first-order valence-corrected chi connectivity index (χ1v) is 12.1. The second kappa shape index (κ2) is 10.2. The topological polar surface area (TPSA) is 36.3 Å². The summed E-state index contributed by atoms with van der Waals surface area (Å²) in [5, 5.41) is 6.39. The van der Waals surface area contributed by atoms with E-state index in [0.717, 1.165) is 45.5 Å². The van der Waals surface area contributed by atoms with Crippen molar-refractivity contribution in [1.82, 2.24) is 9.78 Å². The van der Waals surface area contributed by atoms with Crippen molar-refractivity contribution in [2.45, 2.75) is 18.9 Å². The molecule has 35 heavy (non-hydrogen) atoms. The van der Waals surface area contributed by atoms with Crippen molar-refractivity contribution in [3.63, 3.8) is 0 Å². The second-order valence-corrected chi connectivity index (χ2v) is 8.54. The highest BCUT2D eigenvalue weighted by molar-refractivity contribution is 5.84. The van der Waals surface area contributed by atoms with Crippen LogP contribution in [0.25, 0.3) is 10.9 Å². The molecule has 0 bridgehead atoms. The van der Waals surface area contributed by atoms with E-state index >= 15 is 0 Å². The predicted octanol–water partition coefficient (Wildman–Crippen LogP) is 6.46. The lowest BCUT2D eigenvalue weighted by Crippen LogP contribution is -2.38. The van der Waals surface area contributed by atoms with E-state index in [4.69, 9.17) is 14.6 Å². The number of aryl methyl sites for hydroxylation is 1. The van der Waals surface area contributed by atoms with Crippen LogP contribution in [0, 0.1) is 0 Å². The van der Waals surface area contributed by atoms with Crippen molar-refractivity contribution >= 4 is 10.9 Å². The van der Waals surface area contributed by atoms with Crippen LogP contribution in [0.5, 0.6) is 5.75 Å². The Bertz CT molecular complexity index is 1280. The minimum Gasteiger partial charge on any atom is -0.491 e. The molecule has 0 fully saturated rings. The molecule has 0 saturated carbocycles. The number of fused-ring (bicyclic) bond motifs is 1. The molecule has 4 aromatic carbocycles. The lowest BCUT2D eigenvalue weighted by molar-refractivity contribution is 0.146. The Balaban J connectivity index is 1.83. The van der Waals surface area contributed by atoms with Gasteiger partial charge in [0.2, 0.25) is 0 Å². The maximum absolute atomic E-state index is 5.94. The molecule has 0 aliphatic carbocycles. The van der Waals surface area contributed by atoms with Crippen LogP contribution in [-0.4, -0.2) is 30.1 Å². The third-order valence-electron chi connectivity index (χ3n) is 6.51. The molecule has 0 spiro atoms. The van der Waals surface area contributed by atoms with Crippen molar-refractivity contribution in [2.24, 2.45) is 0 Å². The zero-order chi connectivity index (χ0) is 24.1. The molecule has 0 aliphatic rings. The van der Waals surface area contributed by atoms with Crippen LogP contribution in [0.1, 0.15) is 29.3 Å². The Morgan fingerprint density at radius 2 is 1.26 bits per heavy atom. The molecular formula is C31H30N2O2. The van der Waals surface area contributed by atoms with Crippen LogP contribution in [0.2, 0.25) is 0 Å². The van der Waals surface area contributed by atoms with Gasteiger partial charge in [0, 0.05) is 12.5 Å². The molecule has 0 radical (unpaired) electrons. The molecule has 0 amide bonds. The summed E-state index contributed by atoms with van der Waals surface area (Å²) >= 11 is 0. The van der Waals surface area contributed by atoms with Gasteiger partial charge < -0.3 is 9.47 Å². The van der Waals surface area contributed by atoms with Gasteiger partial charge in [0.05, 0.1) is 17.8 Å². The van der Waals surface area contributed by atoms with E-state index in [-0.39, 0.29) is 0 Å². The zero-order valence-corrected chi connectivity index (χ0v) is 20.2. The van der Waals surface area contributed by atoms with Gasteiger partial charge in [-0.1, -0.05) is 97.9 Å². The summed E-state index contributed by atoms with van der Waals surface area (Å²) in [5.41, 5.74) is 4.94. The van der Waals surface area contributed by atoms with E-state index < -0.39 is 5.54 Å². The van der Waals surface area contributed by atoms with Crippen LogP contribution in [0.4, 0.5) is 0 Å². The smallest absolute Gasteiger partial charge is 0.138 e.